The number of nitrogens with zero attached hydrogens (tertiary/aromatic N) is 5. The number of piperazine rings is 1. The van der Waals surface area contributed by atoms with Crippen LogP contribution in [0.1, 0.15) is 12.8 Å². The Kier molecular flexibility index (Phi) is 6.71. The van der Waals surface area contributed by atoms with Gasteiger partial charge in [0.25, 0.3) is 0 Å². The monoisotopic (exact) mass is 501 g/mol. The van der Waals surface area contributed by atoms with Crippen molar-refractivity contribution in [2.24, 2.45) is 5.92 Å². The van der Waals surface area contributed by atoms with Crippen LogP contribution in [0.4, 0.5) is 11.5 Å². The molecule has 33 heavy (non-hydrogen) atoms. The zero-order chi connectivity index (χ0) is 22.8. The van der Waals surface area contributed by atoms with Crippen molar-refractivity contribution in [3.63, 3.8) is 0 Å². The van der Waals surface area contributed by atoms with E-state index >= 15 is 0 Å². The summed E-state index contributed by atoms with van der Waals surface area (Å²) in [4.78, 5) is 20.8. The summed E-state index contributed by atoms with van der Waals surface area (Å²) in [5.41, 5.74) is 1.95. The number of rotatable bonds is 4. The van der Waals surface area contributed by atoms with Crippen molar-refractivity contribution in [3.05, 3.63) is 57.9 Å². The third kappa shape index (κ3) is 4.95. The topological polar surface area (TPSA) is 52.6 Å². The molecular weight excluding hydrogens is 477 g/mol. The van der Waals surface area contributed by atoms with Crippen molar-refractivity contribution in [2.45, 2.75) is 12.8 Å². The van der Waals surface area contributed by atoms with Crippen molar-refractivity contribution in [2.75, 3.05) is 49.1 Å². The van der Waals surface area contributed by atoms with E-state index in [1.54, 1.807) is 11.3 Å². The summed E-state index contributed by atoms with van der Waals surface area (Å²) in [6.45, 7) is 4.71. The first-order valence-corrected chi connectivity index (χ1v) is 12.8. The minimum atomic E-state index is 0.0797. The van der Waals surface area contributed by atoms with Crippen molar-refractivity contribution in [3.8, 4) is 10.6 Å². The van der Waals surface area contributed by atoms with Crippen LogP contribution in [0.5, 0.6) is 0 Å². The lowest BCUT2D eigenvalue weighted by atomic mass is 9.95. The fraction of sp³-hybridized carbons (Fsp3) is 0.375. The second kappa shape index (κ2) is 9.87. The van der Waals surface area contributed by atoms with Gasteiger partial charge in [-0.25, -0.2) is 0 Å². The maximum absolute atomic E-state index is 13.1. The molecule has 2 aromatic heterocycles. The zero-order valence-corrected chi connectivity index (χ0v) is 20.5. The predicted molar refractivity (Wildman–Crippen MR) is 136 cm³/mol. The van der Waals surface area contributed by atoms with E-state index in [0.717, 1.165) is 74.2 Å². The maximum Gasteiger partial charge on any atom is 0.225 e. The van der Waals surface area contributed by atoms with E-state index in [1.165, 1.54) is 0 Å². The van der Waals surface area contributed by atoms with Gasteiger partial charge in [-0.15, -0.1) is 21.5 Å². The molecule has 4 heterocycles. The first-order valence-electron chi connectivity index (χ1n) is 11.2. The van der Waals surface area contributed by atoms with Gasteiger partial charge in [-0.1, -0.05) is 29.3 Å². The van der Waals surface area contributed by atoms with E-state index in [2.05, 4.69) is 26.1 Å². The third-order valence-electron chi connectivity index (χ3n) is 6.45. The second-order valence-electron chi connectivity index (χ2n) is 8.43. The van der Waals surface area contributed by atoms with Crippen LogP contribution in [0.15, 0.2) is 47.8 Å². The van der Waals surface area contributed by atoms with Gasteiger partial charge >= 0.3 is 0 Å². The number of hydrogen-bond donors (Lipinski definition) is 0. The summed E-state index contributed by atoms with van der Waals surface area (Å²) >= 11 is 13.9. The molecule has 0 radical (unpaired) electrons. The lowest BCUT2D eigenvalue weighted by molar-refractivity contribution is -0.136. The summed E-state index contributed by atoms with van der Waals surface area (Å²) < 4.78 is 0. The number of amides is 1. The highest BCUT2D eigenvalue weighted by Gasteiger charge is 2.31. The highest BCUT2D eigenvalue weighted by molar-refractivity contribution is 7.13. The summed E-state index contributed by atoms with van der Waals surface area (Å²) in [7, 11) is 0. The second-order valence-corrected chi connectivity index (χ2v) is 10.2. The Morgan fingerprint density at radius 3 is 2.30 bits per heavy atom. The average Bonchev–Trinajstić information content (AvgIpc) is 3.41. The van der Waals surface area contributed by atoms with Crippen LogP contribution in [0.25, 0.3) is 10.6 Å². The van der Waals surface area contributed by atoms with E-state index in [9.17, 15) is 4.79 Å². The number of anilines is 2. The molecule has 0 aliphatic carbocycles. The zero-order valence-electron chi connectivity index (χ0n) is 18.2. The number of piperidine rings is 1. The molecule has 1 amide bonds. The molecule has 9 heteroatoms. The van der Waals surface area contributed by atoms with E-state index in [0.29, 0.717) is 10.0 Å². The Hall–Kier alpha value is -2.35. The Morgan fingerprint density at radius 1 is 0.879 bits per heavy atom. The van der Waals surface area contributed by atoms with E-state index < -0.39 is 0 Å². The molecule has 2 aliphatic rings. The molecule has 0 N–H and O–H groups in total. The largest absolute Gasteiger partial charge is 0.368 e. The fourth-order valence-corrected chi connectivity index (χ4v) is 5.51. The van der Waals surface area contributed by atoms with Gasteiger partial charge in [0.2, 0.25) is 5.91 Å². The van der Waals surface area contributed by atoms with Crippen LogP contribution in [-0.4, -0.2) is 60.3 Å². The third-order valence-corrected chi connectivity index (χ3v) is 8.08. The molecule has 0 atom stereocenters. The van der Waals surface area contributed by atoms with Crippen LogP contribution < -0.4 is 9.80 Å². The van der Waals surface area contributed by atoms with Gasteiger partial charge in [-0.3, -0.25) is 4.79 Å². The van der Waals surface area contributed by atoms with Crippen LogP contribution in [-0.2, 0) is 4.79 Å². The van der Waals surface area contributed by atoms with Crippen molar-refractivity contribution in [1.29, 1.82) is 0 Å². The normalized spacial score (nSPS) is 17.5. The lowest BCUT2D eigenvalue weighted by Crippen LogP contribution is -2.51. The van der Waals surface area contributed by atoms with Gasteiger partial charge in [0, 0.05) is 50.9 Å². The molecule has 2 fully saturated rings. The number of thiophene rings is 1. The number of benzene rings is 1. The van der Waals surface area contributed by atoms with Gasteiger partial charge in [0.05, 0.1) is 14.9 Å². The number of carbonyl (C=O) groups is 1. The maximum atomic E-state index is 13.1. The number of carbonyl (C=O) groups excluding carboxylic acids is 1. The molecule has 0 spiro atoms. The Morgan fingerprint density at radius 2 is 1.67 bits per heavy atom. The van der Waals surface area contributed by atoms with Crippen molar-refractivity contribution in [1.82, 2.24) is 15.1 Å². The molecule has 5 rings (SSSR count). The minimum Gasteiger partial charge on any atom is -0.368 e. The highest BCUT2D eigenvalue weighted by Crippen LogP contribution is 2.29. The molecule has 1 aromatic carbocycles. The first-order chi connectivity index (χ1) is 16.1. The number of halogens is 2. The van der Waals surface area contributed by atoms with Crippen LogP contribution in [0, 0.1) is 5.92 Å². The molecule has 0 saturated carbocycles. The Labute approximate surface area is 207 Å². The van der Waals surface area contributed by atoms with Crippen molar-refractivity contribution < 1.29 is 4.79 Å². The molecule has 2 saturated heterocycles. The molecule has 0 bridgehead atoms. The summed E-state index contributed by atoms with van der Waals surface area (Å²) in [6, 6.07) is 13.8. The summed E-state index contributed by atoms with van der Waals surface area (Å²) in [5.74, 6) is 1.25. The molecule has 3 aromatic rings. The van der Waals surface area contributed by atoms with Crippen LogP contribution >= 0.6 is 34.5 Å². The molecule has 172 valence electrons. The number of hydrogen-bond acceptors (Lipinski definition) is 6. The summed E-state index contributed by atoms with van der Waals surface area (Å²) in [5, 5.41) is 12.0. The first kappa shape index (κ1) is 22.4. The molecule has 0 unspecified atom stereocenters. The minimum absolute atomic E-state index is 0.0797. The lowest BCUT2D eigenvalue weighted by Gasteiger charge is -2.39. The predicted octanol–water partition coefficient (Wildman–Crippen LogP) is 5.08. The smallest absolute Gasteiger partial charge is 0.225 e. The van der Waals surface area contributed by atoms with Gasteiger partial charge in [-0.2, -0.15) is 0 Å². The van der Waals surface area contributed by atoms with Gasteiger partial charge in [0.15, 0.2) is 5.82 Å². The van der Waals surface area contributed by atoms with E-state index in [1.807, 2.05) is 46.7 Å². The van der Waals surface area contributed by atoms with E-state index in [4.69, 9.17) is 23.2 Å². The SMILES string of the molecule is O=C(C1CCN(c2ccc(-c3cccs3)nn2)CC1)N1CCN(c2ccc(Cl)c(Cl)c2)CC1. The van der Waals surface area contributed by atoms with Crippen LogP contribution in [0.2, 0.25) is 10.0 Å². The van der Waals surface area contributed by atoms with Gasteiger partial charge in [-0.05, 0) is 54.6 Å². The Balaban J connectivity index is 1.12. The quantitative estimate of drug-likeness (QED) is 0.498. The number of aromatic nitrogens is 2. The average molecular weight is 502 g/mol. The van der Waals surface area contributed by atoms with E-state index in [-0.39, 0.29) is 11.8 Å². The van der Waals surface area contributed by atoms with Crippen molar-refractivity contribution >= 4 is 52.0 Å². The highest BCUT2D eigenvalue weighted by atomic mass is 35.5. The van der Waals surface area contributed by atoms with Crippen LogP contribution in [0.3, 0.4) is 0 Å². The standard InChI is InChI=1S/C24H25Cl2N5OS/c25-19-4-3-18(16-20(19)26)29-11-13-31(14-12-29)24(32)17-7-9-30(10-8-17)23-6-5-21(27-28-23)22-2-1-15-33-22/h1-6,15-17H,7-14H2. The van der Waals surface area contributed by atoms with Gasteiger partial charge < -0.3 is 14.7 Å². The van der Waals surface area contributed by atoms with Gasteiger partial charge in [0.1, 0.15) is 5.69 Å². The molecular formula is C24H25Cl2N5OS. The summed E-state index contributed by atoms with van der Waals surface area (Å²) in [6.07, 6.45) is 1.69. The fourth-order valence-electron chi connectivity index (χ4n) is 4.53. The molecule has 6 nitrogen and oxygen atoms in total. The molecule has 2 aliphatic heterocycles. The Bertz CT molecular complexity index is 1090.